The fraction of sp³-hybridized carbons (Fsp3) is 0.100. The molecule has 0 saturated carbocycles. The standard InChI is InChI=1S/C10H10BrN3O2S/c1-7-4-8(2-3-10(7)11)14-17(15,16)9-5-12-13-6-9/h2-6,14H,1H3,(H,12,13). The number of nitrogens with one attached hydrogen (secondary N) is 2. The summed E-state index contributed by atoms with van der Waals surface area (Å²) in [6.45, 7) is 1.89. The Morgan fingerprint density at radius 1 is 1.41 bits per heavy atom. The van der Waals surface area contributed by atoms with Crippen molar-refractivity contribution in [2.75, 3.05) is 4.72 Å². The lowest BCUT2D eigenvalue weighted by atomic mass is 10.2. The number of nitrogens with zero attached hydrogens (tertiary/aromatic N) is 1. The van der Waals surface area contributed by atoms with Crippen LogP contribution in [0.3, 0.4) is 0 Å². The first-order valence-corrected chi connectivity index (χ1v) is 7.04. The molecule has 5 nitrogen and oxygen atoms in total. The topological polar surface area (TPSA) is 74.8 Å². The Kier molecular flexibility index (Phi) is 3.21. The lowest BCUT2D eigenvalue weighted by Crippen LogP contribution is -2.12. The van der Waals surface area contributed by atoms with E-state index in [0.717, 1.165) is 10.0 Å². The van der Waals surface area contributed by atoms with Gasteiger partial charge >= 0.3 is 0 Å². The van der Waals surface area contributed by atoms with E-state index >= 15 is 0 Å². The first-order chi connectivity index (χ1) is 7.99. The number of aromatic nitrogens is 2. The molecule has 2 aromatic rings. The van der Waals surface area contributed by atoms with Crippen molar-refractivity contribution in [3.05, 3.63) is 40.6 Å². The quantitative estimate of drug-likeness (QED) is 0.912. The van der Waals surface area contributed by atoms with Gasteiger partial charge in [-0.15, -0.1) is 0 Å². The zero-order valence-corrected chi connectivity index (χ0v) is 11.3. The van der Waals surface area contributed by atoms with E-state index in [1.165, 1.54) is 12.4 Å². The van der Waals surface area contributed by atoms with Crippen molar-refractivity contribution < 1.29 is 8.42 Å². The Labute approximate surface area is 107 Å². The van der Waals surface area contributed by atoms with E-state index in [9.17, 15) is 8.42 Å². The molecule has 0 amide bonds. The van der Waals surface area contributed by atoms with Crippen LogP contribution in [0.2, 0.25) is 0 Å². The van der Waals surface area contributed by atoms with Gasteiger partial charge in [-0.1, -0.05) is 15.9 Å². The van der Waals surface area contributed by atoms with Crippen molar-refractivity contribution in [2.45, 2.75) is 11.8 Å². The van der Waals surface area contributed by atoms with E-state index < -0.39 is 10.0 Å². The van der Waals surface area contributed by atoms with Crippen LogP contribution in [-0.2, 0) is 10.0 Å². The van der Waals surface area contributed by atoms with Crippen molar-refractivity contribution in [3.8, 4) is 0 Å². The Balaban J connectivity index is 2.30. The van der Waals surface area contributed by atoms with Crippen LogP contribution in [0.25, 0.3) is 0 Å². The maximum atomic E-state index is 11.9. The molecule has 0 fully saturated rings. The number of rotatable bonds is 3. The summed E-state index contributed by atoms with van der Waals surface area (Å²) in [5.74, 6) is 0. The summed E-state index contributed by atoms with van der Waals surface area (Å²) in [4.78, 5) is 0.109. The lowest BCUT2D eigenvalue weighted by molar-refractivity contribution is 0.601. The van der Waals surface area contributed by atoms with E-state index in [1.807, 2.05) is 6.92 Å². The summed E-state index contributed by atoms with van der Waals surface area (Å²) in [6.07, 6.45) is 2.59. The van der Waals surface area contributed by atoms with Crippen molar-refractivity contribution in [1.29, 1.82) is 0 Å². The van der Waals surface area contributed by atoms with E-state index in [4.69, 9.17) is 0 Å². The molecule has 0 bridgehead atoms. The molecule has 0 aliphatic carbocycles. The number of halogens is 1. The number of aromatic amines is 1. The van der Waals surface area contributed by atoms with Gasteiger partial charge in [0.05, 0.1) is 6.20 Å². The third-order valence-corrected chi connectivity index (χ3v) is 4.43. The van der Waals surface area contributed by atoms with Crippen LogP contribution in [0.15, 0.2) is 40.0 Å². The predicted octanol–water partition coefficient (Wildman–Crippen LogP) is 2.28. The largest absolute Gasteiger partial charge is 0.284 e. The number of H-pyrrole nitrogens is 1. The molecule has 7 heteroatoms. The first-order valence-electron chi connectivity index (χ1n) is 4.77. The average Bonchev–Trinajstić information content (AvgIpc) is 2.77. The minimum Gasteiger partial charge on any atom is -0.284 e. The van der Waals surface area contributed by atoms with Crippen LogP contribution < -0.4 is 4.72 Å². The minimum atomic E-state index is -3.56. The van der Waals surface area contributed by atoms with E-state index in [1.54, 1.807) is 18.2 Å². The van der Waals surface area contributed by atoms with Crippen LogP contribution in [0, 0.1) is 6.92 Å². The van der Waals surface area contributed by atoms with Gasteiger partial charge < -0.3 is 0 Å². The third kappa shape index (κ3) is 2.67. The normalized spacial score (nSPS) is 11.4. The van der Waals surface area contributed by atoms with Gasteiger partial charge in [0.25, 0.3) is 10.0 Å². The van der Waals surface area contributed by atoms with Gasteiger partial charge in [-0.25, -0.2) is 8.42 Å². The molecule has 0 atom stereocenters. The molecule has 1 aromatic carbocycles. The molecule has 0 radical (unpaired) electrons. The highest BCUT2D eigenvalue weighted by atomic mass is 79.9. The summed E-state index contributed by atoms with van der Waals surface area (Å²) in [7, 11) is -3.56. The fourth-order valence-corrected chi connectivity index (χ4v) is 2.51. The van der Waals surface area contributed by atoms with Crippen molar-refractivity contribution in [2.24, 2.45) is 0 Å². The molecule has 0 saturated heterocycles. The molecule has 0 unspecified atom stereocenters. The molecule has 1 aromatic heterocycles. The summed E-state index contributed by atoms with van der Waals surface area (Å²) in [6, 6.07) is 5.24. The second-order valence-corrected chi connectivity index (χ2v) is 6.04. The molecule has 90 valence electrons. The Morgan fingerprint density at radius 3 is 2.76 bits per heavy atom. The monoisotopic (exact) mass is 315 g/mol. The van der Waals surface area contributed by atoms with Gasteiger partial charge in [0.15, 0.2) is 0 Å². The molecule has 0 spiro atoms. The van der Waals surface area contributed by atoms with Crippen LogP contribution >= 0.6 is 15.9 Å². The highest BCUT2D eigenvalue weighted by Gasteiger charge is 2.15. The molecule has 1 heterocycles. The van der Waals surface area contributed by atoms with Gasteiger partial charge in [-0.05, 0) is 30.7 Å². The average molecular weight is 316 g/mol. The third-order valence-electron chi connectivity index (χ3n) is 2.19. The lowest BCUT2D eigenvalue weighted by Gasteiger charge is -2.07. The van der Waals surface area contributed by atoms with Gasteiger partial charge in [-0.3, -0.25) is 9.82 Å². The Hall–Kier alpha value is -1.34. The summed E-state index contributed by atoms with van der Waals surface area (Å²) >= 11 is 3.36. The van der Waals surface area contributed by atoms with Crippen molar-refractivity contribution in [1.82, 2.24) is 10.2 Å². The first kappa shape index (κ1) is 12.1. The molecular weight excluding hydrogens is 306 g/mol. The molecular formula is C10H10BrN3O2S. The maximum Gasteiger partial charge on any atom is 0.265 e. The van der Waals surface area contributed by atoms with Crippen LogP contribution in [0.5, 0.6) is 0 Å². The Morgan fingerprint density at radius 2 is 2.18 bits per heavy atom. The summed E-state index contributed by atoms with van der Waals surface area (Å²) in [5, 5.41) is 6.08. The second kappa shape index (κ2) is 4.50. The summed E-state index contributed by atoms with van der Waals surface area (Å²) < 4.78 is 27.2. The van der Waals surface area contributed by atoms with Gasteiger partial charge in [0.2, 0.25) is 0 Å². The van der Waals surface area contributed by atoms with Crippen LogP contribution in [0.1, 0.15) is 5.56 Å². The Bertz CT molecular complexity index is 623. The zero-order valence-electron chi connectivity index (χ0n) is 8.94. The summed E-state index contributed by atoms with van der Waals surface area (Å²) in [5.41, 5.74) is 1.48. The number of benzene rings is 1. The highest BCUT2D eigenvalue weighted by Crippen LogP contribution is 2.22. The number of sulfonamides is 1. The highest BCUT2D eigenvalue weighted by molar-refractivity contribution is 9.10. The predicted molar refractivity (Wildman–Crippen MR) is 68.3 cm³/mol. The van der Waals surface area contributed by atoms with E-state index in [-0.39, 0.29) is 4.90 Å². The van der Waals surface area contributed by atoms with Gasteiger partial charge in [-0.2, -0.15) is 5.10 Å². The van der Waals surface area contributed by atoms with E-state index in [0.29, 0.717) is 5.69 Å². The fourth-order valence-electron chi connectivity index (χ4n) is 1.31. The number of hydrogen-bond acceptors (Lipinski definition) is 3. The van der Waals surface area contributed by atoms with Gasteiger partial charge in [0, 0.05) is 16.4 Å². The molecule has 17 heavy (non-hydrogen) atoms. The number of hydrogen-bond donors (Lipinski definition) is 2. The molecule has 2 N–H and O–H groups in total. The van der Waals surface area contributed by atoms with E-state index in [2.05, 4.69) is 30.8 Å². The van der Waals surface area contributed by atoms with Gasteiger partial charge in [0.1, 0.15) is 4.90 Å². The second-order valence-electron chi connectivity index (χ2n) is 3.50. The SMILES string of the molecule is Cc1cc(NS(=O)(=O)c2cn[nH]c2)ccc1Br. The molecule has 0 aliphatic heterocycles. The smallest absolute Gasteiger partial charge is 0.265 e. The van der Waals surface area contributed by atoms with Crippen LogP contribution in [-0.4, -0.2) is 18.6 Å². The van der Waals surface area contributed by atoms with Crippen LogP contribution in [0.4, 0.5) is 5.69 Å². The molecule has 0 aliphatic rings. The van der Waals surface area contributed by atoms with Crippen molar-refractivity contribution >= 4 is 31.6 Å². The number of anilines is 1. The maximum absolute atomic E-state index is 11.9. The zero-order chi connectivity index (χ0) is 12.5. The molecule has 2 rings (SSSR count). The van der Waals surface area contributed by atoms with Crippen molar-refractivity contribution in [3.63, 3.8) is 0 Å². The number of aryl methyl sites for hydroxylation is 1. The minimum absolute atomic E-state index is 0.109.